The van der Waals surface area contributed by atoms with Gasteiger partial charge in [-0.1, -0.05) is 12.1 Å². The van der Waals surface area contributed by atoms with E-state index in [2.05, 4.69) is 0 Å². The summed E-state index contributed by atoms with van der Waals surface area (Å²) in [6, 6.07) is 9.10. The zero-order valence-corrected chi connectivity index (χ0v) is 15.3. The van der Waals surface area contributed by atoms with Gasteiger partial charge in [0, 0.05) is 12.1 Å². The SMILES string of the molecule is COc1ccc(OC)c(N(CC(N)=O)S(=O)(=O)c2ccccc2[N+](=O)[O-])c1. The van der Waals surface area contributed by atoms with Crippen LogP contribution in [0.5, 0.6) is 11.5 Å². The molecule has 27 heavy (non-hydrogen) atoms. The van der Waals surface area contributed by atoms with Gasteiger partial charge in [0.1, 0.15) is 18.0 Å². The second-order valence-corrected chi connectivity index (χ2v) is 7.07. The van der Waals surface area contributed by atoms with E-state index in [9.17, 15) is 23.3 Å². The van der Waals surface area contributed by atoms with Crippen molar-refractivity contribution in [2.45, 2.75) is 4.90 Å². The number of nitro benzene ring substituents is 1. The Morgan fingerprint density at radius 1 is 1.19 bits per heavy atom. The molecule has 2 N–H and O–H groups in total. The molecule has 0 aliphatic heterocycles. The normalized spacial score (nSPS) is 10.9. The van der Waals surface area contributed by atoms with Crippen LogP contribution in [-0.4, -0.2) is 40.0 Å². The lowest BCUT2D eigenvalue weighted by Gasteiger charge is -2.25. The number of primary amides is 1. The van der Waals surface area contributed by atoms with Gasteiger partial charge in [0.05, 0.1) is 24.8 Å². The van der Waals surface area contributed by atoms with Crippen molar-refractivity contribution in [2.75, 3.05) is 25.1 Å². The molecule has 2 aromatic carbocycles. The predicted molar refractivity (Wildman–Crippen MR) is 96.4 cm³/mol. The zero-order chi connectivity index (χ0) is 20.2. The predicted octanol–water partition coefficient (Wildman–Crippen LogP) is 1.29. The van der Waals surface area contributed by atoms with Crippen LogP contribution in [0.1, 0.15) is 0 Å². The highest BCUT2D eigenvalue weighted by atomic mass is 32.2. The molecule has 10 nitrogen and oxygen atoms in total. The number of benzene rings is 2. The number of para-hydroxylation sites is 1. The van der Waals surface area contributed by atoms with Crippen LogP contribution < -0.4 is 19.5 Å². The van der Waals surface area contributed by atoms with Gasteiger partial charge in [0.25, 0.3) is 15.7 Å². The van der Waals surface area contributed by atoms with Gasteiger partial charge in [-0.15, -0.1) is 0 Å². The maximum absolute atomic E-state index is 13.2. The Labute approximate surface area is 155 Å². The minimum absolute atomic E-state index is 0.0474. The first kappa shape index (κ1) is 20.0. The number of methoxy groups -OCH3 is 2. The molecule has 0 aliphatic carbocycles. The van der Waals surface area contributed by atoms with Crippen LogP contribution in [0.15, 0.2) is 47.4 Å². The van der Waals surface area contributed by atoms with Gasteiger partial charge < -0.3 is 15.2 Å². The molecule has 0 bridgehead atoms. The van der Waals surface area contributed by atoms with Crippen molar-refractivity contribution in [1.82, 2.24) is 0 Å². The van der Waals surface area contributed by atoms with Crippen molar-refractivity contribution in [3.05, 3.63) is 52.6 Å². The Hall–Kier alpha value is -3.34. The Balaban J connectivity index is 2.75. The maximum atomic E-state index is 13.2. The van der Waals surface area contributed by atoms with E-state index in [1.54, 1.807) is 0 Å². The first-order valence-electron chi connectivity index (χ1n) is 7.49. The van der Waals surface area contributed by atoms with Crippen LogP contribution in [0.3, 0.4) is 0 Å². The van der Waals surface area contributed by atoms with E-state index in [1.165, 1.54) is 44.6 Å². The van der Waals surface area contributed by atoms with Crippen molar-refractivity contribution in [3.8, 4) is 11.5 Å². The molecule has 1 amide bonds. The molecule has 0 aliphatic rings. The second-order valence-electron chi connectivity index (χ2n) is 5.24. The van der Waals surface area contributed by atoms with E-state index in [0.717, 1.165) is 12.1 Å². The summed E-state index contributed by atoms with van der Waals surface area (Å²) in [5.74, 6) is -0.556. The Kier molecular flexibility index (Phi) is 5.85. The van der Waals surface area contributed by atoms with Crippen LogP contribution >= 0.6 is 0 Å². The highest BCUT2D eigenvalue weighted by Gasteiger charge is 2.34. The number of nitro groups is 1. The summed E-state index contributed by atoms with van der Waals surface area (Å²) in [6.07, 6.45) is 0. The van der Waals surface area contributed by atoms with E-state index in [4.69, 9.17) is 15.2 Å². The average molecular weight is 395 g/mol. The Morgan fingerprint density at radius 2 is 1.85 bits per heavy atom. The fourth-order valence-corrected chi connectivity index (χ4v) is 3.97. The lowest BCUT2D eigenvalue weighted by Crippen LogP contribution is -2.39. The third-order valence-electron chi connectivity index (χ3n) is 3.58. The van der Waals surface area contributed by atoms with Crippen LogP contribution in [0.2, 0.25) is 0 Å². The molecule has 0 heterocycles. The van der Waals surface area contributed by atoms with Gasteiger partial charge in [-0.25, -0.2) is 8.42 Å². The summed E-state index contributed by atoms with van der Waals surface area (Å²) in [7, 11) is -1.84. The number of anilines is 1. The van der Waals surface area contributed by atoms with Crippen molar-refractivity contribution in [1.29, 1.82) is 0 Å². The van der Waals surface area contributed by atoms with Gasteiger partial charge in [0.15, 0.2) is 4.90 Å². The molecule has 11 heteroatoms. The fourth-order valence-electron chi connectivity index (χ4n) is 2.38. The van der Waals surface area contributed by atoms with E-state index in [1.807, 2.05) is 0 Å². The van der Waals surface area contributed by atoms with E-state index in [-0.39, 0.29) is 17.2 Å². The molecular weight excluding hydrogens is 378 g/mol. The zero-order valence-electron chi connectivity index (χ0n) is 14.5. The average Bonchev–Trinajstić information content (AvgIpc) is 2.65. The number of ether oxygens (including phenoxy) is 2. The highest BCUT2D eigenvalue weighted by molar-refractivity contribution is 7.93. The molecule has 2 aromatic rings. The quantitative estimate of drug-likeness (QED) is 0.524. The smallest absolute Gasteiger partial charge is 0.289 e. The molecule has 0 saturated heterocycles. The molecule has 2 rings (SSSR count). The number of nitrogens with zero attached hydrogens (tertiary/aromatic N) is 2. The number of rotatable bonds is 8. The topological polar surface area (TPSA) is 142 Å². The van der Waals surface area contributed by atoms with E-state index in [0.29, 0.717) is 4.31 Å². The fraction of sp³-hybridized carbons (Fsp3) is 0.188. The summed E-state index contributed by atoms with van der Waals surface area (Å²) < 4.78 is 37.3. The third kappa shape index (κ3) is 4.08. The number of carbonyl (C=O) groups excluding carboxylic acids is 1. The summed E-state index contributed by atoms with van der Waals surface area (Å²) in [6.45, 7) is -0.752. The van der Waals surface area contributed by atoms with Crippen molar-refractivity contribution in [3.63, 3.8) is 0 Å². The number of sulfonamides is 1. The Morgan fingerprint density at radius 3 is 2.41 bits per heavy atom. The molecule has 0 radical (unpaired) electrons. The summed E-state index contributed by atoms with van der Waals surface area (Å²) in [5, 5.41) is 11.3. The van der Waals surface area contributed by atoms with Gasteiger partial charge in [-0.2, -0.15) is 0 Å². The molecule has 0 spiro atoms. The number of carbonyl (C=O) groups is 1. The first-order chi connectivity index (χ1) is 12.7. The lowest BCUT2D eigenvalue weighted by atomic mass is 10.2. The monoisotopic (exact) mass is 395 g/mol. The standard InChI is InChI=1S/C16H17N3O7S/c1-25-11-7-8-14(26-2)13(9-11)18(10-16(17)20)27(23,24)15-6-4-3-5-12(15)19(21)22/h3-9H,10H2,1-2H3,(H2,17,20). The molecule has 0 saturated carbocycles. The van der Waals surface area contributed by atoms with E-state index >= 15 is 0 Å². The van der Waals surface area contributed by atoms with Crippen molar-refractivity contribution >= 4 is 27.3 Å². The molecule has 0 unspecified atom stereocenters. The first-order valence-corrected chi connectivity index (χ1v) is 8.93. The van der Waals surface area contributed by atoms with Crippen LogP contribution in [0.25, 0.3) is 0 Å². The lowest BCUT2D eigenvalue weighted by molar-refractivity contribution is -0.387. The number of hydrogen-bond donors (Lipinski definition) is 1. The third-order valence-corrected chi connectivity index (χ3v) is 5.39. The largest absolute Gasteiger partial charge is 0.497 e. The van der Waals surface area contributed by atoms with Gasteiger partial charge in [-0.05, 0) is 18.2 Å². The van der Waals surface area contributed by atoms with Gasteiger partial charge in [0.2, 0.25) is 5.91 Å². The van der Waals surface area contributed by atoms with Crippen molar-refractivity contribution < 1.29 is 27.6 Å². The summed E-state index contributed by atoms with van der Waals surface area (Å²) in [4.78, 5) is 21.4. The minimum atomic E-state index is -4.53. The molecule has 0 aromatic heterocycles. The van der Waals surface area contributed by atoms with E-state index < -0.39 is 38.0 Å². The van der Waals surface area contributed by atoms with Gasteiger partial charge in [-0.3, -0.25) is 19.2 Å². The van der Waals surface area contributed by atoms with Gasteiger partial charge >= 0.3 is 0 Å². The number of hydrogen-bond acceptors (Lipinski definition) is 7. The number of amides is 1. The van der Waals surface area contributed by atoms with Crippen LogP contribution in [0, 0.1) is 10.1 Å². The maximum Gasteiger partial charge on any atom is 0.289 e. The Bertz CT molecular complexity index is 976. The van der Waals surface area contributed by atoms with Crippen LogP contribution in [-0.2, 0) is 14.8 Å². The van der Waals surface area contributed by atoms with Crippen LogP contribution in [0.4, 0.5) is 11.4 Å². The summed E-state index contributed by atoms with van der Waals surface area (Å²) in [5.41, 5.74) is 4.54. The molecule has 0 atom stereocenters. The molecule has 0 fully saturated rings. The summed E-state index contributed by atoms with van der Waals surface area (Å²) >= 11 is 0. The number of nitrogens with two attached hydrogens (primary N) is 1. The molecular formula is C16H17N3O7S. The van der Waals surface area contributed by atoms with Crippen molar-refractivity contribution in [2.24, 2.45) is 5.73 Å². The highest BCUT2D eigenvalue weighted by Crippen LogP contribution is 2.37. The second kappa shape index (κ2) is 7.91. The molecule has 144 valence electrons. The minimum Gasteiger partial charge on any atom is -0.497 e.